The van der Waals surface area contributed by atoms with Gasteiger partial charge in [0.05, 0.1) is 24.6 Å². The Labute approximate surface area is 202 Å². The van der Waals surface area contributed by atoms with Gasteiger partial charge in [0.2, 0.25) is 11.8 Å². The summed E-state index contributed by atoms with van der Waals surface area (Å²) >= 11 is 0. The van der Waals surface area contributed by atoms with Crippen molar-refractivity contribution in [2.24, 2.45) is 0 Å². The summed E-state index contributed by atoms with van der Waals surface area (Å²) in [6.45, 7) is 0.435. The molecule has 0 saturated carbocycles. The normalized spacial score (nSPS) is 15.9. The van der Waals surface area contributed by atoms with Crippen molar-refractivity contribution in [3.8, 4) is 0 Å². The van der Waals surface area contributed by atoms with E-state index < -0.39 is 36.1 Å². The number of amides is 3. The van der Waals surface area contributed by atoms with E-state index in [1.54, 1.807) is 42.5 Å². The Kier molecular flexibility index (Phi) is 7.89. The molecule has 2 atom stereocenters. The van der Waals surface area contributed by atoms with Gasteiger partial charge in [0.25, 0.3) is 5.91 Å². The van der Waals surface area contributed by atoms with E-state index >= 15 is 0 Å². The molecule has 0 aliphatic carbocycles. The average Bonchev–Trinajstić information content (AvgIpc) is 3.60. The molecule has 2 N–H and O–H groups in total. The molecule has 3 aromatic rings. The molecule has 9 heteroatoms. The summed E-state index contributed by atoms with van der Waals surface area (Å²) < 4.78 is 25.6. The molecule has 1 aliphatic rings. The zero-order valence-electron chi connectivity index (χ0n) is 19.0. The number of carbonyl (C=O) groups is 3. The first-order chi connectivity index (χ1) is 17.0. The minimum absolute atomic E-state index is 0.0316. The second-order valence-electron chi connectivity index (χ2n) is 8.07. The lowest BCUT2D eigenvalue weighted by molar-refractivity contribution is -0.126. The van der Waals surface area contributed by atoms with E-state index in [4.69, 9.17) is 9.15 Å². The summed E-state index contributed by atoms with van der Waals surface area (Å²) in [5.74, 6) is -2.40. The highest BCUT2D eigenvalue weighted by Gasteiger charge is 2.34. The van der Waals surface area contributed by atoms with Crippen molar-refractivity contribution in [2.45, 2.75) is 25.0 Å². The first-order valence-corrected chi connectivity index (χ1v) is 11.4. The number of furan rings is 1. The number of para-hydroxylation sites is 1. The highest BCUT2D eigenvalue weighted by atomic mass is 19.1. The topological polar surface area (TPSA) is 101 Å². The minimum atomic E-state index is -1.18. The zero-order chi connectivity index (χ0) is 24.6. The van der Waals surface area contributed by atoms with E-state index in [1.807, 2.05) is 0 Å². The highest BCUT2D eigenvalue weighted by molar-refractivity contribution is 6.04. The maximum atomic E-state index is 14.9. The molecule has 0 bridgehead atoms. The molecule has 2 heterocycles. The molecule has 1 aliphatic heterocycles. The van der Waals surface area contributed by atoms with Crippen LogP contribution in [0.1, 0.15) is 35.0 Å². The third kappa shape index (κ3) is 5.93. The maximum Gasteiger partial charge on any atom is 0.287 e. The predicted octanol–water partition coefficient (Wildman–Crippen LogP) is 3.22. The van der Waals surface area contributed by atoms with E-state index in [0.717, 1.165) is 17.7 Å². The second kappa shape index (κ2) is 11.4. The van der Waals surface area contributed by atoms with Crippen LogP contribution in [0.25, 0.3) is 0 Å². The Hall–Kier alpha value is -3.98. The van der Waals surface area contributed by atoms with E-state index in [0.29, 0.717) is 12.2 Å². The highest BCUT2D eigenvalue weighted by Crippen LogP contribution is 2.30. The van der Waals surface area contributed by atoms with Crippen molar-refractivity contribution in [2.75, 3.05) is 24.6 Å². The summed E-state index contributed by atoms with van der Waals surface area (Å²) in [6, 6.07) is 16.2. The number of carbonyl (C=O) groups excluding carboxylic acids is 3. The quantitative estimate of drug-likeness (QED) is 0.491. The lowest BCUT2D eigenvalue weighted by Crippen LogP contribution is -2.48. The largest absolute Gasteiger partial charge is 0.459 e. The van der Waals surface area contributed by atoms with Gasteiger partial charge in [-0.2, -0.15) is 0 Å². The zero-order valence-corrected chi connectivity index (χ0v) is 19.0. The summed E-state index contributed by atoms with van der Waals surface area (Å²) in [5, 5.41) is 5.33. The van der Waals surface area contributed by atoms with Crippen LogP contribution in [-0.4, -0.2) is 43.5 Å². The van der Waals surface area contributed by atoms with Crippen molar-refractivity contribution in [3.63, 3.8) is 0 Å². The Bertz CT molecular complexity index is 1150. The molecule has 1 saturated heterocycles. The molecule has 8 nitrogen and oxygen atoms in total. The van der Waals surface area contributed by atoms with Crippen LogP contribution in [0.4, 0.5) is 10.1 Å². The van der Waals surface area contributed by atoms with Crippen LogP contribution in [0.15, 0.2) is 77.4 Å². The van der Waals surface area contributed by atoms with E-state index in [-0.39, 0.29) is 24.1 Å². The fraction of sp³-hybridized carbons (Fsp3) is 0.269. The first-order valence-electron chi connectivity index (χ1n) is 11.4. The van der Waals surface area contributed by atoms with Gasteiger partial charge in [0, 0.05) is 13.2 Å². The monoisotopic (exact) mass is 479 g/mol. The number of ether oxygens (including phenoxy) is 1. The van der Waals surface area contributed by atoms with Gasteiger partial charge in [0.15, 0.2) is 5.76 Å². The van der Waals surface area contributed by atoms with Crippen molar-refractivity contribution < 1.29 is 27.9 Å². The van der Waals surface area contributed by atoms with Gasteiger partial charge in [-0.25, -0.2) is 4.39 Å². The van der Waals surface area contributed by atoms with Crippen LogP contribution in [0.5, 0.6) is 0 Å². The summed E-state index contributed by atoms with van der Waals surface area (Å²) in [5.41, 5.74) is 0.414. The number of hydrogen-bond acceptors (Lipinski definition) is 5. The van der Waals surface area contributed by atoms with Crippen LogP contribution in [-0.2, 0) is 14.3 Å². The molecular formula is C26H26FN3O5. The van der Waals surface area contributed by atoms with E-state index in [9.17, 15) is 18.8 Å². The Morgan fingerprint density at radius 3 is 2.46 bits per heavy atom. The van der Waals surface area contributed by atoms with Crippen molar-refractivity contribution in [1.29, 1.82) is 0 Å². The molecule has 0 radical (unpaired) electrons. The smallest absolute Gasteiger partial charge is 0.287 e. The Morgan fingerprint density at radius 1 is 1.00 bits per heavy atom. The summed E-state index contributed by atoms with van der Waals surface area (Å²) in [6.07, 6.45) is 2.97. The SMILES string of the molecule is O=C(NCC(=O)N(c1ccccc1F)[C@H](C(=O)NC[C@@H]1CCCO1)c1ccccc1)c1ccco1. The van der Waals surface area contributed by atoms with E-state index in [1.165, 1.54) is 30.5 Å². The first kappa shape index (κ1) is 24.2. The van der Waals surface area contributed by atoms with Gasteiger partial charge in [-0.05, 0) is 42.7 Å². The molecule has 1 fully saturated rings. The fourth-order valence-electron chi connectivity index (χ4n) is 3.97. The van der Waals surface area contributed by atoms with Gasteiger partial charge >= 0.3 is 0 Å². The predicted molar refractivity (Wildman–Crippen MR) is 126 cm³/mol. The van der Waals surface area contributed by atoms with Crippen molar-refractivity contribution >= 4 is 23.4 Å². The lowest BCUT2D eigenvalue weighted by Gasteiger charge is -2.32. The number of rotatable bonds is 9. The summed E-state index contributed by atoms with van der Waals surface area (Å²) in [4.78, 5) is 40.3. The molecule has 35 heavy (non-hydrogen) atoms. The summed E-state index contributed by atoms with van der Waals surface area (Å²) in [7, 11) is 0. The van der Waals surface area contributed by atoms with Crippen LogP contribution in [0.2, 0.25) is 0 Å². The molecule has 1 aromatic heterocycles. The number of hydrogen-bond donors (Lipinski definition) is 2. The number of anilines is 1. The van der Waals surface area contributed by atoms with Gasteiger partial charge in [0.1, 0.15) is 11.9 Å². The maximum absolute atomic E-state index is 14.9. The van der Waals surface area contributed by atoms with Crippen LogP contribution in [0, 0.1) is 5.82 Å². The van der Waals surface area contributed by atoms with Gasteiger partial charge in [-0.15, -0.1) is 0 Å². The molecular weight excluding hydrogens is 453 g/mol. The standard InChI is InChI=1S/C26H26FN3O5/c27-20-11-4-5-12-21(20)30(23(31)17-29-25(32)22-13-7-15-35-22)24(18-8-2-1-3-9-18)26(33)28-16-19-10-6-14-34-19/h1-5,7-9,11-13,15,19,24H,6,10,14,16-17H2,(H,28,33)(H,29,32)/t19-,24-/m0/s1. The van der Waals surface area contributed by atoms with Gasteiger partial charge in [-0.3, -0.25) is 19.3 Å². The number of nitrogens with zero attached hydrogens (tertiary/aromatic N) is 1. The van der Waals surface area contributed by atoms with Crippen molar-refractivity contribution in [1.82, 2.24) is 10.6 Å². The molecule has 0 spiro atoms. The molecule has 3 amide bonds. The molecule has 2 aromatic carbocycles. The third-order valence-electron chi connectivity index (χ3n) is 5.68. The van der Waals surface area contributed by atoms with E-state index in [2.05, 4.69) is 10.6 Å². The lowest BCUT2D eigenvalue weighted by atomic mass is 10.0. The number of nitrogens with one attached hydrogen (secondary N) is 2. The molecule has 182 valence electrons. The van der Waals surface area contributed by atoms with Crippen molar-refractivity contribution in [3.05, 3.63) is 90.1 Å². The molecule has 0 unspecified atom stereocenters. The minimum Gasteiger partial charge on any atom is -0.459 e. The fourth-order valence-corrected chi connectivity index (χ4v) is 3.97. The Balaban J connectivity index is 1.64. The second-order valence-corrected chi connectivity index (χ2v) is 8.07. The van der Waals surface area contributed by atoms with Crippen LogP contribution >= 0.6 is 0 Å². The third-order valence-corrected chi connectivity index (χ3v) is 5.68. The number of benzene rings is 2. The number of halogens is 1. The molecule has 4 rings (SSSR count). The average molecular weight is 480 g/mol. The van der Waals surface area contributed by atoms with Gasteiger partial charge < -0.3 is 19.8 Å². The van der Waals surface area contributed by atoms with Crippen LogP contribution in [0.3, 0.4) is 0 Å². The van der Waals surface area contributed by atoms with Crippen LogP contribution < -0.4 is 15.5 Å². The Morgan fingerprint density at radius 2 is 1.77 bits per heavy atom. The van der Waals surface area contributed by atoms with Gasteiger partial charge in [-0.1, -0.05) is 42.5 Å².